The van der Waals surface area contributed by atoms with Gasteiger partial charge in [0.1, 0.15) is 5.82 Å². The molecule has 0 aromatic heterocycles. The fourth-order valence-electron chi connectivity index (χ4n) is 1.53. The second-order valence-corrected chi connectivity index (χ2v) is 3.88. The minimum Gasteiger partial charge on any atom is -0.396 e. The molecule has 98 valence electrons. The number of aliphatic hydroxyl groups excluding tert-OH is 1. The van der Waals surface area contributed by atoms with Crippen LogP contribution in [0.2, 0.25) is 0 Å². The summed E-state index contributed by atoms with van der Waals surface area (Å²) in [7, 11) is 0. The fourth-order valence-corrected chi connectivity index (χ4v) is 1.53. The summed E-state index contributed by atoms with van der Waals surface area (Å²) in [6.45, 7) is 3.11. The third-order valence-corrected chi connectivity index (χ3v) is 2.57. The number of rotatable bonds is 6. The lowest BCUT2D eigenvalue weighted by molar-refractivity contribution is -0.125. The molecule has 0 aliphatic carbocycles. The van der Waals surface area contributed by atoms with Gasteiger partial charge in [-0.3, -0.25) is 4.79 Å². The Bertz CT molecular complexity index is 401. The first kappa shape index (κ1) is 14.4. The van der Waals surface area contributed by atoms with Crippen LogP contribution in [0.5, 0.6) is 0 Å². The van der Waals surface area contributed by atoms with Crippen molar-refractivity contribution in [1.82, 2.24) is 4.90 Å². The lowest BCUT2D eigenvalue weighted by atomic mass is 10.2. The Morgan fingerprint density at radius 3 is 2.61 bits per heavy atom. The number of carbonyl (C=O) groups is 1. The summed E-state index contributed by atoms with van der Waals surface area (Å²) >= 11 is 0. The number of aliphatic hydroxyl groups is 1. The second kappa shape index (κ2) is 7.61. The molecule has 1 amide bonds. The second-order valence-electron chi connectivity index (χ2n) is 3.88. The molecule has 0 spiro atoms. The molecular formula is C14H18FNO2. The van der Waals surface area contributed by atoms with Gasteiger partial charge in [0.25, 0.3) is 0 Å². The van der Waals surface area contributed by atoms with Gasteiger partial charge in [-0.15, -0.1) is 0 Å². The van der Waals surface area contributed by atoms with Crippen LogP contribution in [-0.2, 0) is 4.79 Å². The molecule has 0 aliphatic rings. The van der Waals surface area contributed by atoms with E-state index in [9.17, 15) is 9.18 Å². The van der Waals surface area contributed by atoms with Crippen LogP contribution in [0, 0.1) is 5.82 Å². The molecule has 0 unspecified atom stereocenters. The Hall–Kier alpha value is -1.68. The number of halogens is 1. The average molecular weight is 251 g/mol. The monoisotopic (exact) mass is 251 g/mol. The van der Waals surface area contributed by atoms with Gasteiger partial charge in [0, 0.05) is 25.8 Å². The third kappa shape index (κ3) is 4.67. The van der Waals surface area contributed by atoms with Crippen molar-refractivity contribution >= 4 is 12.0 Å². The van der Waals surface area contributed by atoms with E-state index in [0.29, 0.717) is 19.5 Å². The van der Waals surface area contributed by atoms with Crippen LogP contribution in [0.1, 0.15) is 18.9 Å². The van der Waals surface area contributed by atoms with E-state index >= 15 is 0 Å². The first-order valence-electron chi connectivity index (χ1n) is 6.00. The zero-order chi connectivity index (χ0) is 13.4. The van der Waals surface area contributed by atoms with Gasteiger partial charge in [0.05, 0.1) is 0 Å². The first-order valence-corrected chi connectivity index (χ1v) is 6.00. The lowest BCUT2D eigenvalue weighted by Crippen LogP contribution is -2.30. The smallest absolute Gasteiger partial charge is 0.246 e. The van der Waals surface area contributed by atoms with E-state index in [0.717, 1.165) is 5.56 Å². The van der Waals surface area contributed by atoms with E-state index in [1.54, 1.807) is 23.1 Å². The van der Waals surface area contributed by atoms with Gasteiger partial charge in [-0.2, -0.15) is 0 Å². The minimum atomic E-state index is -0.295. The van der Waals surface area contributed by atoms with Crippen LogP contribution in [0.4, 0.5) is 4.39 Å². The topological polar surface area (TPSA) is 40.5 Å². The van der Waals surface area contributed by atoms with Crippen LogP contribution < -0.4 is 0 Å². The van der Waals surface area contributed by atoms with E-state index < -0.39 is 0 Å². The molecule has 0 saturated heterocycles. The number of hydrogen-bond donors (Lipinski definition) is 1. The average Bonchev–Trinajstić information content (AvgIpc) is 2.39. The maximum Gasteiger partial charge on any atom is 0.246 e. The highest BCUT2D eigenvalue weighted by atomic mass is 19.1. The van der Waals surface area contributed by atoms with Crippen molar-refractivity contribution < 1.29 is 14.3 Å². The number of hydrogen-bond acceptors (Lipinski definition) is 2. The molecule has 0 fully saturated rings. The molecule has 0 bridgehead atoms. The van der Waals surface area contributed by atoms with Gasteiger partial charge < -0.3 is 10.0 Å². The van der Waals surface area contributed by atoms with Crippen molar-refractivity contribution in [3.05, 3.63) is 41.7 Å². The predicted molar refractivity (Wildman–Crippen MR) is 69.4 cm³/mol. The van der Waals surface area contributed by atoms with Gasteiger partial charge in [0.15, 0.2) is 0 Å². The van der Waals surface area contributed by atoms with E-state index in [2.05, 4.69) is 0 Å². The van der Waals surface area contributed by atoms with E-state index in [4.69, 9.17) is 5.11 Å². The molecule has 0 aliphatic heterocycles. The first-order chi connectivity index (χ1) is 8.67. The summed E-state index contributed by atoms with van der Waals surface area (Å²) in [5.74, 6) is -0.396. The number of amides is 1. The van der Waals surface area contributed by atoms with Crippen LogP contribution in [0.25, 0.3) is 6.08 Å². The number of carbonyl (C=O) groups excluding carboxylic acids is 1. The highest BCUT2D eigenvalue weighted by Crippen LogP contribution is 2.05. The van der Waals surface area contributed by atoms with Crippen molar-refractivity contribution in [3.63, 3.8) is 0 Å². The van der Waals surface area contributed by atoms with Crippen molar-refractivity contribution in [3.8, 4) is 0 Å². The summed E-state index contributed by atoms with van der Waals surface area (Å²) in [5.41, 5.74) is 0.781. The van der Waals surface area contributed by atoms with E-state index in [1.807, 2.05) is 6.92 Å². The normalized spacial score (nSPS) is 10.8. The molecule has 0 atom stereocenters. The zero-order valence-corrected chi connectivity index (χ0v) is 10.5. The van der Waals surface area contributed by atoms with Gasteiger partial charge >= 0.3 is 0 Å². The molecule has 0 saturated carbocycles. The largest absolute Gasteiger partial charge is 0.396 e. The van der Waals surface area contributed by atoms with Gasteiger partial charge in [0.2, 0.25) is 5.91 Å². The summed E-state index contributed by atoms with van der Waals surface area (Å²) < 4.78 is 12.7. The molecule has 4 heteroatoms. The van der Waals surface area contributed by atoms with Gasteiger partial charge in [-0.25, -0.2) is 4.39 Å². The van der Waals surface area contributed by atoms with Crippen molar-refractivity contribution in [2.75, 3.05) is 19.7 Å². The molecule has 3 nitrogen and oxygen atoms in total. The Kier molecular flexibility index (Phi) is 6.08. The highest BCUT2D eigenvalue weighted by Gasteiger charge is 2.06. The van der Waals surface area contributed by atoms with Crippen molar-refractivity contribution in [2.24, 2.45) is 0 Å². The van der Waals surface area contributed by atoms with Crippen LogP contribution in [0.3, 0.4) is 0 Å². The number of benzene rings is 1. The minimum absolute atomic E-state index is 0.0749. The predicted octanol–water partition coefficient (Wildman–Crippen LogP) is 2.07. The van der Waals surface area contributed by atoms with E-state index in [-0.39, 0.29) is 18.3 Å². The summed E-state index contributed by atoms with van der Waals surface area (Å²) in [5, 5.41) is 8.73. The molecule has 1 rings (SSSR count). The van der Waals surface area contributed by atoms with Crippen LogP contribution >= 0.6 is 0 Å². The standard InChI is InChI=1S/C14H18FNO2/c1-2-16(10-3-11-17)14(18)9-6-12-4-7-13(15)8-5-12/h4-9,17H,2-3,10-11H2,1H3/b9-6+. The van der Waals surface area contributed by atoms with Gasteiger partial charge in [-0.1, -0.05) is 12.1 Å². The molecule has 0 heterocycles. The summed E-state index contributed by atoms with van der Waals surface area (Å²) in [4.78, 5) is 13.5. The maximum absolute atomic E-state index is 12.7. The zero-order valence-electron chi connectivity index (χ0n) is 10.5. The summed E-state index contributed by atoms with van der Waals surface area (Å²) in [6, 6.07) is 5.94. The quantitative estimate of drug-likeness (QED) is 0.786. The molecule has 1 aromatic rings. The Labute approximate surface area is 107 Å². The molecular weight excluding hydrogens is 233 g/mol. The Morgan fingerprint density at radius 2 is 2.06 bits per heavy atom. The summed E-state index contributed by atoms with van der Waals surface area (Å²) in [6.07, 6.45) is 3.70. The van der Waals surface area contributed by atoms with E-state index in [1.165, 1.54) is 18.2 Å². The maximum atomic E-state index is 12.7. The van der Waals surface area contributed by atoms with Gasteiger partial charge in [-0.05, 0) is 37.1 Å². The number of likely N-dealkylation sites (N-methyl/N-ethyl adjacent to an activating group) is 1. The Balaban J connectivity index is 2.59. The molecule has 18 heavy (non-hydrogen) atoms. The van der Waals surface area contributed by atoms with Crippen molar-refractivity contribution in [1.29, 1.82) is 0 Å². The Morgan fingerprint density at radius 1 is 1.39 bits per heavy atom. The SMILES string of the molecule is CCN(CCCO)C(=O)/C=C/c1ccc(F)cc1. The molecule has 1 N–H and O–H groups in total. The lowest BCUT2D eigenvalue weighted by Gasteiger charge is -2.18. The fraction of sp³-hybridized carbons (Fsp3) is 0.357. The van der Waals surface area contributed by atoms with Crippen LogP contribution in [0.15, 0.2) is 30.3 Å². The van der Waals surface area contributed by atoms with Crippen LogP contribution in [-0.4, -0.2) is 35.6 Å². The highest BCUT2D eigenvalue weighted by molar-refractivity contribution is 5.91. The van der Waals surface area contributed by atoms with Crippen molar-refractivity contribution in [2.45, 2.75) is 13.3 Å². The molecule has 1 aromatic carbocycles. The molecule has 0 radical (unpaired) electrons. The number of nitrogens with zero attached hydrogens (tertiary/aromatic N) is 1. The third-order valence-electron chi connectivity index (χ3n) is 2.57.